The van der Waals surface area contributed by atoms with Crippen molar-refractivity contribution in [1.82, 2.24) is 9.97 Å². The lowest BCUT2D eigenvalue weighted by molar-refractivity contribution is 0.0790. The highest BCUT2D eigenvalue weighted by atomic mass is 35.5. The first-order valence-electron chi connectivity index (χ1n) is 7.20. The van der Waals surface area contributed by atoms with Crippen LogP contribution in [0.2, 0.25) is 5.02 Å². The molecule has 124 valence electrons. The van der Waals surface area contributed by atoms with E-state index in [1.807, 2.05) is 12.1 Å². The van der Waals surface area contributed by atoms with E-state index in [2.05, 4.69) is 15.0 Å². The average molecular weight is 347 g/mol. The van der Waals surface area contributed by atoms with E-state index in [1.54, 1.807) is 19.2 Å². The van der Waals surface area contributed by atoms with Crippen molar-refractivity contribution in [3.05, 3.63) is 46.9 Å². The van der Waals surface area contributed by atoms with Crippen molar-refractivity contribution in [3.8, 4) is 11.3 Å². The van der Waals surface area contributed by atoms with Crippen molar-refractivity contribution < 1.29 is 14.6 Å². The van der Waals surface area contributed by atoms with Crippen LogP contribution in [-0.2, 0) is 10.3 Å². The largest absolute Gasteiger partial charge is 0.463 e. The summed E-state index contributed by atoms with van der Waals surface area (Å²) < 4.78 is 5.55. The zero-order valence-electron chi connectivity index (χ0n) is 12.9. The Morgan fingerprint density at radius 2 is 2.12 bits per heavy atom. The van der Waals surface area contributed by atoms with E-state index < -0.39 is 6.09 Å². The minimum atomic E-state index is -1.38. The number of hydrogen-bond acceptors (Lipinski definition) is 4. The third-order valence-electron chi connectivity index (χ3n) is 4.00. The second-order valence-corrected chi connectivity index (χ2v) is 5.87. The van der Waals surface area contributed by atoms with E-state index in [9.17, 15) is 4.79 Å². The lowest BCUT2D eigenvalue weighted by Gasteiger charge is -2.16. The van der Waals surface area contributed by atoms with Crippen molar-refractivity contribution in [3.63, 3.8) is 0 Å². The van der Waals surface area contributed by atoms with Gasteiger partial charge < -0.3 is 15.6 Å². The van der Waals surface area contributed by atoms with Gasteiger partial charge in [0, 0.05) is 23.3 Å². The molecule has 3 rings (SSSR count). The van der Waals surface area contributed by atoms with Crippen LogP contribution in [0.25, 0.3) is 11.3 Å². The maximum Gasteiger partial charge on any atom is 0.433 e. The molecule has 24 heavy (non-hydrogen) atoms. The van der Waals surface area contributed by atoms with Gasteiger partial charge in [-0.05, 0) is 25.0 Å². The van der Waals surface area contributed by atoms with E-state index in [-0.39, 0.29) is 17.1 Å². The topological polar surface area (TPSA) is 111 Å². The SMILES string of the molecule is COC1(c2ccc(-c3cc(C(N)=NC(=O)O)ncn3)cc2Cl)CC1. The molecule has 1 aromatic carbocycles. The molecule has 1 aliphatic rings. The number of nitrogens with zero attached hydrogens (tertiary/aromatic N) is 3. The molecule has 0 unspecified atom stereocenters. The van der Waals surface area contributed by atoms with Crippen LogP contribution in [0.15, 0.2) is 35.6 Å². The fourth-order valence-corrected chi connectivity index (χ4v) is 2.91. The molecule has 2 aromatic rings. The third kappa shape index (κ3) is 3.08. The number of ether oxygens (including phenoxy) is 1. The van der Waals surface area contributed by atoms with Gasteiger partial charge in [-0.1, -0.05) is 23.7 Å². The molecule has 7 nitrogen and oxygen atoms in total. The summed E-state index contributed by atoms with van der Waals surface area (Å²) in [7, 11) is 1.68. The molecule has 0 spiro atoms. The van der Waals surface area contributed by atoms with Crippen LogP contribution in [0.1, 0.15) is 24.1 Å². The fourth-order valence-electron chi connectivity index (χ4n) is 2.56. The number of carbonyl (C=O) groups is 1. The van der Waals surface area contributed by atoms with Gasteiger partial charge in [0.25, 0.3) is 0 Å². The third-order valence-corrected chi connectivity index (χ3v) is 4.31. The van der Waals surface area contributed by atoms with Gasteiger partial charge in [-0.15, -0.1) is 0 Å². The zero-order valence-corrected chi connectivity index (χ0v) is 13.6. The molecule has 0 bridgehead atoms. The summed E-state index contributed by atoms with van der Waals surface area (Å²) in [4.78, 5) is 22.0. The van der Waals surface area contributed by atoms with E-state index in [1.165, 1.54) is 6.33 Å². The average Bonchev–Trinajstić information content (AvgIpc) is 3.35. The first-order valence-corrected chi connectivity index (χ1v) is 7.58. The molecule has 3 N–H and O–H groups in total. The minimum Gasteiger partial charge on any atom is -0.463 e. The molecule has 0 atom stereocenters. The highest BCUT2D eigenvalue weighted by molar-refractivity contribution is 6.31. The Kier molecular flexibility index (Phi) is 4.21. The lowest BCUT2D eigenvalue weighted by Crippen LogP contribution is -2.17. The highest BCUT2D eigenvalue weighted by Crippen LogP contribution is 2.51. The Morgan fingerprint density at radius 3 is 2.71 bits per heavy atom. The number of amides is 1. The number of methoxy groups -OCH3 is 1. The number of rotatable bonds is 4. The molecule has 1 aromatic heterocycles. The highest BCUT2D eigenvalue weighted by Gasteiger charge is 2.46. The molecule has 0 radical (unpaired) electrons. The molecular weight excluding hydrogens is 332 g/mol. The van der Waals surface area contributed by atoms with Crippen molar-refractivity contribution in [2.24, 2.45) is 10.7 Å². The summed E-state index contributed by atoms with van der Waals surface area (Å²) >= 11 is 6.40. The van der Waals surface area contributed by atoms with Gasteiger partial charge in [0.15, 0.2) is 5.84 Å². The molecule has 1 fully saturated rings. The maximum atomic E-state index is 10.6. The van der Waals surface area contributed by atoms with Gasteiger partial charge in [0.1, 0.15) is 12.0 Å². The summed E-state index contributed by atoms with van der Waals surface area (Å²) in [6.07, 6.45) is 1.81. The van der Waals surface area contributed by atoms with Gasteiger partial charge in [0.05, 0.1) is 11.3 Å². The molecule has 1 amide bonds. The van der Waals surface area contributed by atoms with Crippen molar-refractivity contribution >= 4 is 23.5 Å². The minimum absolute atomic E-state index is 0.190. The number of halogens is 1. The second kappa shape index (κ2) is 6.18. The van der Waals surface area contributed by atoms with Crippen LogP contribution < -0.4 is 5.73 Å². The van der Waals surface area contributed by atoms with E-state index >= 15 is 0 Å². The smallest absolute Gasteiger partial charge is 0.433 e. The first-order chi connectivity index (χ1) is 11.4. The standard InChI is InChI=1S/C16H15ClN4O3/c1-24-16(4-5-16)10-3-2-9(6-11(10)17)12-7-13(20-8-19-12)14(18)21-15(22)23/h2-3,6-8H,4-5H2,1H3,(H2,18,21)(H,22,23). The van der Waals surface area contributed by atoms with E-state index in [0.29, 0.717) is 10.7 Å². The summed E-state index contributed by atoms with van der Waals surface area (Å²) in [6, 6.07) is 7.17. The quantitative estimate of drug-likeness (QED) is 0.650. The lowest BCUT2D eigenvalue weighted by atomic mass is 10.0. The van der Waals surface area contributed by atoms with Crippen molar-refractivity contribution in [2.75, 3.05) is 7.11 Å². The van der Waals surface area contributed by atoms with Gasteiger partial charge in [-0.2, -0.15) is 4.99 Å². The second-order valence-electron chi connectivity index (χ2n) is 5.46. The van der Waals surface area contributed by atoms with Crippen LogP contribution in [-0.4, -0.2) is 34.1 Å². The van der Waals surface area contributed by atoms with Crippen LogP contribution in [0.3, 0.4) is 0 Å². The molecule has 0 saturated heterocycles. The van der Waals surface area contributed by atoms with Crippen molar-refractivity contribution in [1.29, 1.82) is 0 Å². The Hall–Kier alpha value is -2.51. The summed E-state index contributed by atoms with van der Waals surface area (Å²) in [6.45, 7) is 0. The number of nitrogens with two attached hydrogens (primary N) is 1. The normalized spacial score (nSPS) is 16.0. The predicted molar refractivity (Wildman–Crippen MR) is 89.1 cm³/mol. The Balaban J connectivity index is 1.95. The fraction of sp³-hybridized carbons (Fsp3) is 0.250. The van der Waals surface area contributed by atoms with E-state index in [4.69, 9.17) is 27.2 Å². The number of aromatic nitrogens is 2. The molecular formula is C16H15ClN4O3. The first kappa shape index (κ1) is 16.4. The van der Waals surface area contributed by atoms with Crippen LogP contribution >= 0.6 is 11.6 Å². The van der Waals surface area contributed by atoms with Crippen LogP contribution in [0.5, 0.6) is 0 Å². The molecule has 1 saturated carbocycles. The molecule has 8 heteroatoms. The number of amidine groups is 1. The van der Waals surface area contributed by atoms with Crippen LogP contribution in [0, 0.1) is 0 Å². The number of aliphatic imine (C=N–C) groups is 1. The van der Waals surface area contributed by atoms with Gasteiger partial charge in [0.2, 0.25) is 0 Å². The number of benzene rings is 1. The number of hydrogen-bond donors (Lipinski definition) is 2. The Labute approximate surface area is 143 Å². The number of carboxylic acid groups (broad SMARTS) is 1. The molecule has 1 heterocycles. The maximum absolute atomic E-state index is 10.6. The van der Waals surface area contributed by atoms with Gasteiger partial charge in [-0.3, -0.25) is 0 Å². The molecule has 0 aliphatic heterocycles. The van der Waals surface area contributed by atoms with Gasteiger partial charge >= 0.3 is 6.09 Å². The Bertz CT molecular complexity index is 834. The summed E-state index contributed by atoms with van der Waals surface area (Å²) in [5.41, 5.74) is 7.87. The summed E-state index contributed by atoms with van der Waals surface area (Å²) in [5, 5.41) is 9.26. The van der Waals surface area contributed by atoms with Crippen LogP contribution in [0.4, 0.5) is 4.79 Å². The summed E-state index contributed by atoms with van der Waals surface area (Å²) in [5.74, 6) is -0.190. The Morgan fingerprint density at radius 1 is 1.38 bits per heavy atom. The molecule has 1 aliphatic carbocycles. The van der Waals surface area contributed by atoms with Gasteiger partial charge in [-0.25, -0.2) is 14.8 Å². The van der Waals surface area contributed by atoms with E-state index in [0.717, 1.165) is 24.0 Å². The monoisotopic (exact) mass is 346 g/mol. The predicted octanol–water partition coefficient (Wildman–Crippen LogP) is 2.82. The zero-order chi connectivity index (χ0) is 17.3. The van der Waals surface area contributed by atoms with Crippen molar-refractivity contribution in [2.45, 2.75) is 18.4 Å².